The van der Waals surface area contributed by atoms with E-state index in [9.17, 15) is 4.79 Å². The number of benzene rings is 1. The SMILES string of the molecule is C[C@H]1C[C@@H]1C(=O)OCc1nc(-c2ccc(Cl)cc2)no1. The van der Waals surface area contributed by atoms with Crippen molar-refractivity contribution < 1.29 is 14.1 Å². The predicted octanol–water partition coefficient (Wildman–Crippen LogP) is 3.09. The molecule has 1 fully saturated rings. The third-order valence-corrected chi connectivity index (χ3v) is 3.57. The lowest BCUT2D eigenvalue weighted by Crippen LogP contribution is -2.07. The third kappa shape index (κ3) is 2.82. The van der Waals surface area contributed by atoms with E-state index in [0.29, 0.717) is 16.8 Å². The van der Waals surface area contributed by atoms with Gasteiger partial charge < -0.3 is 9.26 Å². The molecule has 1 aliphatic carbocycles. The Bertz CT molecular complexity index is 624. The van der Waals surface area contributed by atoms with Crippen LogP contribution in [0.2, 0.25) is 5.02 Å². The van der Waals surface area contributed by atoms with Gasteiger partial charge in [0.25, 0.3) is 5.89 Å². The molecule has 0 bridgehead atoms. The summed E-state index contributed by atoms with van der Waals surface area (Å²) in [5.41, 5.74) is 0.798. The summed E-state index contributed by atoms with van der Waals surface area (Å²) in [6.45, 7) is 2.04. The number of carbonyl (C=O) groups is 1. The Morgan fingerprint density at radius 3 is 2.80 bits per heavy atom. The van der Waals surface area contributed by atoms with Gasteiger partial charge in [-0.3, -0.25) is 4.79 Å². The van der Waals surface area contributed by atoms with Gasteiger partial charge in [-0.1, -0.05) is 23.7 Å². The van der Waals surface area contributed by atoms with Crippen LogP contribution in [0, 0.1) is 11.8 Å². The van der Waals surface area contributed by atoms with Gasteiger partial charge in [-0.2, -0.15) is 4.98 Å². The molecule has 6 heteroatoms. The minimum absolute atomic E-state index is 0.0165. The minimum Gasteiger partial charge on any atom is -0.455 e. The number of hydrogen-bond acceptors (Lipinski definition) is 5. The number of esters is 1. The van der Waals surface area contributed by atoms with Gasteiger partial charge in [0.05, 0.1) is 5.92 Å². The first-order chi connectivity index (χ1) is 9.63. The number of carbonyl (C=O) groups excluding carboxylic acids is 1. The number of nitrogens with zero attached hydrogens (tertiary/aromatic N) is 2. The van der Waals surface area contributed by atoms with Crippen LogP contribution in [0.5, 0.6) is 0 Å². The molecule has 1 heterocycles. The molecular weight excluding hydrogens is 280 g/mol. The molecule has 0 aliphatic heterocycles. The maximum atomic E-state index is 11.6. The lowest BCUT2D eigenvalue weighted by Gasteiger charge is -1.99. The van der Waals surface area contributed by atoms with Crippen LogP contribution >= 0.6 is 11.6 Å². The Balaban J connectivity index is 1.62. The Labute approximate surface area is 120 Å². The molecule has 5 nitrogen and oxygen atoms in total. The molecule has 0 saturated heterocycles. The van der Waals surface area contributed by atoms with Crippen LogP contribution in [0.15, 0.2) is 28.8 Å². The minimum atomic E-state index is -0.191. The van der Waals surface area contributed by atoms with Crippen LogP contribution in [0.3, 0.4) is 0 Å². The highest BCUT2D eigenvalue weighted by Gasteiger charge is 2.40. The van der Waals surface area contributed by atoms with E-state index in [1.54, 1.807) is 24.3 Å². The second kappa shape index (κ2) is 5.25. The van der Waals surface area contributed by atoms with Crippen LogP contribution in [0.4, 0.5) is 0 Å². The fourth-order valence-corrected chi connectivity index (χ4v) is 2.05. The van der Waals surface area contributed by atoms with Crippen LogP contribution in [-0.4, -0.2) is 16.1 Å². The molecule has 2 atom stereocenters. The van der Waals surface area contributed by atoms with Gasteiger partial charge in [0.1, 0.15) is 0 Å². The Kier molecular flexibility index (Phi) is 3.44. The average Bonchev–Trinajstić information content (AvgIpc) is 3.00. The predicted molar refractivity (Wildman–Crippen MR) is 71.8 cm³/mol. The van der Waals surface area contributed by atoms with E-state index >= 15 is 0 Å². The van der Waals surface area contributed by atoms with Crippen LogP contribution < -0.4 is 0 Å². The zero-order valence-electron chi connectivity index (χ0n) is 10.9. The Morgan fingerprint density at radius 1 is 1.45 bits per heavy atom. The highest BCUT2D eigenvalue weighted by atomic mass is 35.5. The summed E-state index contributed by atoms with van der Waals surface area (Å²) < 4.78 is 10.2. The quantitative estimate of drug-likeness (QED) is 0.810. The van der Waals surface area contributed by atoms with Crippen molar-refractivity contribution in [1.29, 1.82) is 0 Å². The molecule has 1 aromatic heterocycles. The lowest BCUT2D eigenvalue weighted by molar-refractivity contribution is -0.147. The summed E-state index contributed by atoms with van der Waals surface area (Å²) in [4.78, 5) is 15.8. The lowest BCUT2D eigenvalue weighted by atomic mass is 10.2. The van der Waals surface area contributed by atoms with Crippen LogP contribution in [0.1, 0.15) is 19.2 Å². The van der Waals surface area contributed by atoms with Gasteiger partial charge in [-0.05, 0) is 36.6 Å². The second-order valence-corrected chi connectivity index (χ2v) is 5.38. The first-order valence-electron chi connectivity index (χ1n) is 6.38. The maximum absolute atomic E-state index is 11.6. The van der Waals surface area contributed by atoms with E-state index in [0.717, 1.165) is 12.0 Å². The first-order valence-corrected chi connectivity index (χ1v) is 6.76. The van der Waals surface area contributed by atoms with Crippen molar-refractivity contribution in [3.63, 3.8) is 0 Å². The molecule has 1 aromatic carbocycles. The molecular formula is C14H13ClN2O3. The molecule has 104 valence electrons. The van der Waals surface area contributed by atoms with Crippen molar-refractivity contribution in [3.8, 4) is 11.4 Å². The van der Waals surface area contributed by atoms with Crippen molar-refractivity contribution in [1.82, 2.24) is 10.1 Å². The largest absolute Gasteiger partial charge is 0.455 e. The second-order valence-electron chi connectivity index (χ2n) is 4.95. The zero-order valence-corrected chi connectivity index (χ0v) is 11.6. The first kappa shape index (κ1) is 13.1. The molecule has 0 spiro atoms. The van der Waals surface area contributed by atoms with E-state index < -0.39 is 0 Å². The standard InChI is InChI=1S/C14H13ClN2O3/c1-8-6-11(8)14(18)19-7-12-16-13(17-20-12)9-2-4-10(15)5-3-9/h2-5,8,11H,6-7H2,1H3/t8-,11-/m0/s1. The van der Waals surface area contributed by atoms with Crippen molar-refractivity contribution in [2.24, 2.45) is 11.8 Å². The topological polar surface area (TPSA) is 65.2 Å². The van der Waals surface area contributed by atoms with E-state index in [1.165, 1.54) is 0 Å². The summed E-state index contributed by atoms with van der Waals surface area (Å²) >= 11 is 5.81. The summed E-state index contributed by atoms with van der Waals surface area (Å²) in [5.74, 6) is 1.01. The van der Waals surface area contributed by atoms with E-state index in [1.807, 2.05) is 6.92 Å². The molecule has 0 unspecified atom stereocenters. The third-order valence-electron chi connectivity index (χ3n) is 3.32. The summed E-state index contributed by atoms with van der Waals surface area (Å²) in [6, 6.07) is 7.10. The number of ether oxygens (including phenoxy) is 1. The molecule has 1 aliphatic rings. The number of aromatic nitrogens is 2. The van der Waals surface area contributed by atoms with Crippen molar-refractivity contribution >= 4 is 17.6 Å². The monoisotopic (exact) mass is 292 g/mol. The van der Waals surface area contributed by atoms with E-state index in [4.69, 9.17) is 20.9 Å². The fraction of sp³-hybridized carbons (Fsp3) is 0.357. The molecule has 1 saturated carbocycles. The maximum Gasteiger partial charge on any atom is 0.309 e. The van der Waals surface area contributed by atoms with Gasteiger partial charge >= 0.3 is 5.97 Å². The molecule has 0 N–H and O–H groups in total. The van der Waals surface area contributed by atoms with Crippen molar-refractivity contribution in [3.05, 3.63) is 35.2 Å². The van der Waals surface area contributed by atoms with Gasteiger partial charge in [-0.15, -0.1) is 0 Å². The summed E-state index contributed by atoms with van der Waals surface area (Å²) in [7, 11) is 0. The smallest absolute Gasteiger partial charge is 0.309 e. The normalized spacial score (nSPS) is 20.7. The number of hydrogen-bond donors (Lipinski definition) is 0. The van der Waals surface area contributed by atoms with Gasteiger partial charge in [-0.25, -0.2) is 0 Å². The highest BCUT2D eigenvalue weighted by Crippen LogP contribution is 2.38. The van der Waals surface area contributed by atoms with E-state index in [2.05, 4.69) is 10.1 Å². The summed E-state index contributed by atoms with van der Waals surface area (Å²) in [5, 5.41) is 4.49. The molecule has 2 aromatic rings. The molecule has 20 heavy (non-hydrogen) atoms. The molecule has 0 radical (unpaired) electrons. The average molecular weight is 293 g/mol. The van der Waals surface area contributed by atoms with Crippen LogP contribution in [0.25, 0.3) is 11.4 Å². The Morgan fingerprint density at radius 2 is 2.15 bits per heavy atom. The van der Waals surface area contributed by atoms with Crippen molar-refractivity contribution in [2.75, 3.05) is 0 Å². The van der Waals surface area contributed by atoms with Gasteiger partial charge in [0, 0.05) is 10.6 Å². The summed E-state index contributed by atoms with van der Waals surface area (Å²) in [6.07, 6.45) is 0.901. The van der Waals surface area contributed by atoms with Crippen LogP contribution in [-0.2, 0) is 16.1 Å². The fourth-order valence-electron chi connectivity index (χ4n) is 1.92. The number of rotatable bonds is 4. The van der Waals surface area contributed by atoms with Gasteiger partial charge in [0.2, 0.25) is 5.82 Å². The van der Waals surface area contributed by atoms with Crippen molar-refractivity contribution in [2.45, 2.75) is 20.0 Å². The Hall–Kier alpha value is -1.88. The number of halogens is 1. The highest BCUT2D eigenvalue weighted by molar-refractivity contribution is 6.30. The molecule has 3 rings (SSSR count). The van der Waals surface area contributed by atoms with Gasteiger partial charge in [0.15, 0.2) is 6.61 Å². The molecule has 0 amide bonds. The zero-order chi connectivity index (χ0) is 14.1. The van der Waals surface area contributed by atoms with E-state index in [-0.39, 0.29) is 24.4 Å².